The third-order valence-electron chi connectivity index (χ3n) is 4.87. The van der Waals surface area contributed by atoms with Crippen LogP contribution in [0, 0.1) is 6.92 Å². The number of nitrogens with one attached hydrogen (secondary N) is 1. The minimum atomic E-state index is -0.462. The highest BCUT2D eigenvalue weighted by atomic mass is 79.9. The van der Waals surface area contributed by atoms with Crippen LogP contribution < -0.4 is 10.2 Å². The molecule has 4 rings (SSSR count). The molecule has 0 bridgehead atoms. The number of rotatable bonds is 5. The topological polar surface area (TPSA) is 67.8 Å². The van der Waals surface area contributed by atoms with Gasteiger partial charge in [0.25, 0.3) is 5.91 Å². The summed E-state index contributed by atoms with van der Waals surface area (Å²) >= 11 is 3.36. The highest BCUT2D eigenvalue weighted by Crippen LogP contribution is 2.27. The van der Waals surface area contributed by atoms with E-state index in [1.165, 1.54) is 6.21 Å². The molecule has 0 aliphatic carbocycles. The lowest BCUT2D eigenvalue weighted by molar-refractivity contribution is 0.0734. The van der Waals surface area contributed by atoms with Gasteiger partial charge in [0.2, 0.25) is 0 Å². The average Bonchev–Trinajstić information content (AvgIpc) is 2.80. The molecule has 1 amide bonds. The first-order valence-corrected chi connectivity index (χ1v) is 10.7. The summed E-state index contributed by atoms with van der Waals surface area (Å²) in [5, 5.41) is 5.94. The van der Waals surface area contributed by atoms with Crippen LogP contribution in [0.5, 0.6) is 5.75 Å². The quantitative estimate of drug-likeness (QED) is 0.165. The maximum atomic E-state index is 12.7. The lowest BCUT2D eigenvalue weighted by atomic mass is 10.0. The summed E-state index contributed by atoms with van der Waals surface area (Å²) in [6.45, 7) is 1.92. The highest BCUT2D eigenvalue weighted by molar-refractivity contribution is 9.10. The molecule has 4 aromatic carbocycles. The number of nitrogens with zero attached hydrogens (tertiary/aromatic N) is 1. The molecule has 0 atom stereocenters. The molecule has 0 radical (unpaired) electrons. The van der Waals surface area contributed by atoms with E-state index in [0.717, 1.165) is 16.3 Å². The van der Waals surface area contributed by atoms with E-state index in [0.29, 0.717) is 26.9 Å². The van der Waals surface area contributed by atoms with Crippen molar-refractivity contribution in [2.24, 2.45) is 5.10 Å². The van der Waals surface area contributed by atoms with Gasteiger partial charge in [0, 0.05) is 10.0 Å². The van der Waals surface area contributed by atoms with Crippen LogP contribution in [0.1, 0.15) is 31.8 Å². The van der Waals surface area contributed by atoms with Crippen LogP contribution in [0.2, 0.25) is 0 Å². The SMILES string of the molecule is Cc1cccc(C(=O)Oc2ccc3ccccc3c2/C=N\NC(=O)c2ccccc2Br)c1. The molecule has 32 heavy (non-hydrogen) atoms. The van der Waals surface area contributed by atoms with Crippen LogP contribution in [-0.4, -0.2) is 18.1 Å². The molecule has 0 fully saturated rings. The Morgan fingerprint density at radius 3 is 2.53 bits per heavy atom. The molecule has 1 N–H and O–H groups in total. The molecule has 0 aromatic heterocycles. The molecular formula is C26H19BrN2O3. The van der Waals surface area contributed by atoms with Gasteiger partial charge in [0.15, 0.2) is 0 Å². The minimum Gasteiger partial charge on any atom is -0.422 e. The third-order valence-corrected chi connectivity index (χ3v) is 5.56. The number of carbonyl (C=O) groups excluding carboxylic acids is 2. The van der Waals surface area contributed by atoms with E-state index >= 15 is 0 Å². The van der Waals surface area contributed by atoms with Crippen molar-refractivity contribution >= 4 is 44.8 Å². The van der Waals surface area contributed by atoms with Gasteiger partial charge in [-0.05, 0) is 64.0 Å². The Kier molecular flexibility index (Phi) is 6.42. The first-order chi connectivity index (χ1) is 15.5. The molecule has 0 aliphatic heterocycles. The summed E-state index contributed by atoms with van der Waals surface area (Å²) in [5.41, 5.74) is 5.02. The Hall–Kier alpha value is -3.77. The summed E-state index contributed by atoms with van der Waals surface area (Å²) in [7, 11) is 0. The zero-order chi connectivity index (χ0) is 22.5. The fourth-order valence-corrected chi connectivity index (χ4v) is 3.75. The van der Waals surface area contributed by atoms with Crippen molar-refractivity contribution in [1.82, 2.24) is 5.43 Å². The van der Waals surface area contributed by atoms with E-state index < -0.39 is 5.97 Å². The van der Waals surface area contributed by atoms with Gasteiger partial charge < -0.3 is 4.74 Å². The number of aryl methyl sites for hydroxylation is 1. The van der Waals surface area contributed by atoms with Gasteiger partial charge in [-0.2, -0.15) is 5.10 Å². The fourth-order valence-electron chi connectivity index (χ4n) is 3.29. The molecule has 0 saturated heterocycles. The lowest BCUT2D eigenvalue weighted by Gasteiger charge is -2.11. The standard InChI is InChI=1S/C26H19BrN2O3/c1-17-7-6-9-19(15-17)26(31)32-24-14-13-18-8-2-3-10-20(18)22(24)16-28-29-25(30)21-11-4-5-12-23(21)27/h2-16H,1H3,(H,29,30)/b28-16-. The Morgan fingerprint density at radius 2 is 1.72 bits per heavy atom. The number of ether oxygens (including phenoxy) is 1. The second kappa shape index (κ2) is 9.58. The maximum Gasteiger partial charge on any atom is 0.343 e. The summed E-state index contributed by atoms with van der Waals surface area (Å²) in [4.78, 5) is 25.2. The van der Waals surface area contributed by atoms with E-state index in [2.05, 4.69) is 26.5 Å². The molecular weight excluding hydrogens is 468 g/mol. The zero-order valence-corrected chi connectivity index (χ0v) is 18.8. The molecule has 0 unspecified atom stereocenters. The van der Waals surface area contributed by atoms with Gasteiger partial charge in [-0.1, -0.05) is 60.2 Å². The number of carbonyl (C=O) groups is 2. The summed E-state index contributed by atoms with van der Waals surface area (Å²) < 4.78 is 6.38. The van der Waals surface area contributed by atoms with Crippen molar-refractivity contribution in [3.05, 3.63) is 112 Å². The summed E-state index contributed by atoms with van der Waals surface area (Å²) in [6, 6.07) is 25.6. The van der Waals surface area contributed by atoms with Crippen LogP contribution in [0.3, 0.4) is 0 Å². The van der Waals surface area contributed by atoms with Gasteiger partial charge in [0.1, 0.15) is 5.75 Å². The number of halogens is 1. The number of hydrazone groups is 1. The normalized spacial score (nSPS) is 10.9. The largest absolute Gasteiger partial charge is 0.422 e. The van der Waals surface area contributed by atoms with E-state index in [1.54, 1.807) is 36.4 Å². The van der Waals surface area contributed by atoms with Crippen molar-refractivity contribution in [1.29, 1.82) is 0 Å². The monoisotopic (exact) mass is 486 g/mol. The molecule has 0 heterocycles. The number of hydrogen-bond donors (Lipinski definition) is 1. The van der Waals surface area contributed by atoms with Crippen molar-refractivity contribution in [2.45, 2.75) is 6.92 Å². The van der Waals surface area contributed by atoms with Gasteiger partial charge in [-0.25, -0.2) is 10.2 Å². The van der Waals surface area contributed by atoms with E-state index in [-0.39, 0.29) is 5.91 Å². The third kappa shape index (κ3) is 4.76. The average molecular weight is 487 g/mol. The van der Waals surface area contributed by atoms with Crippen LogP contribution in [-0.2, 0) is 0 Å². The van der Waals surface area contributed by atoms with Gasteiger partial charge in [0.05, 0.1) is 17.3 Å². The summed E-state index contributed by atoms with van der Waals surface area (Å²) in [5.74, 6) is -0.461. The first kappa shape index (κ1) is 21.5. The maximum absolute atomic E-state index is 12.7. The Balaban J connectivity index is 1.64. The Bertz CT molecular complexity index is 1350. The van der Waals surface area contributed by atoms with E-state index in [4.69, 9.17) is 4.74 Å². The zero-order valence-electron chi connectivity index (χ0n) is 17.2. The molecule has 0 saturated carbocycles. The molecule has 6 heteroatoms. The second-order valence-electron chi connectivity index (χ2n) is 7.14. The predicted molar refractivity (Wildman–Crippen MR) is 129 cm³/mol. The predicted octanol–water partition coefficient (Wildman–Crippen LogP) is 5.89. The lowest BCUT2D eigenvalue weighted by Crippen LogP contribution is -2.18. The van der Waals surface area contributed by atoms with Crippen LogP contribution in [0.15, 0.2) is 94.5 Å². The van der Waals surface area contributed by atoms with Gasteiger partial charge in [-0.3, -0.25) is 4.79 Å². The van der Waals surface area contributed by atoms with Crippen LogP contribution in [0.25, 0.3) is 10.8 Å². The number of benzene rings is 4. The van der Waals surface area contributed by atoms with E-state index in [9.17, 15) is 9.59 Å². The van der Waals surface area contributed by atoms with Crippen LogP contribution in [0.4, 0.5) is 0 Å². The second-order valence-corrected chi connectivity index (χ2v) is 7.99. The summed E-state index contributed by atoms with van der Waals surface area (Å²) in [6.07, 6.45) is 1.50. The van der Waals surface area contributed by atoms with Gasteiger partial charge >= 0.3 is 5.97 Å². The van der Waals surface area contributed by atoms with Crippen molar-refractivity contribution in [3.63, 3.8) is 0 Å². The van der Waals surface area contributed by atoms with E-state index in [1.807, 2.05) is 55.5 Å². The number of hydrogen-bond acceptors (Lipinski definition) is 4. The number of esters is 1. The Morgan fingerprint density at radius 1 is 0.938 bits per heavy atom. The molecule has 158 valence electrons. The van der Waals surface area contributed by atoms with Crippen molar-refractivity contribution < 1.29 is 14.3 Å². The highest BCUT2D eigenvalue weighted by Gasteiger charge is 2.14. The molecule has 4 aromatic rings. The van der Waals surface area contributed by atoms with Crippen LogP contribution >= 0.6 is 15.9 Å². The first-order valence-electron chi connectivity index (χ1n) is 9.91. The fraction of sp³-hybridized carbons (Fsp3) is 0.0385. The minimum absolute atomic E-state index is 0.354. The molecule has 0 aliphatic rings. The molecule has 0 spiro atoms. The van der Waals surface area contributed by atoms with Crippen molar-refractivity contribution in [2.75, 3.05) is 0 Å². The number of fused-ring (bicyclic) bond motifs is 1. The Labute approximate surface area is 193 Å². The number of amides is 1. The molecule has 5 nitrogen and oxygen atoms in total. The smallest absolute Gasteiger partial charge is 0.343 e. The van der Waals surface area contributed by atoms with Gasteiger partial charge in [-0.15, -0.1) is 0 Å². The van der Waals surface area contributed by atoms with Crippen molar-refractivity contribution in [3.8, 4) is 5.75 Å².